The van der Waals surface area contributed by atoms with E-state index in [9.17, 15) is 4.79 Å². The van der Waals surface area contributed by atoms with Crippen LogP contribution in [0.25, 0.3) is 0 Å². The van der Waals surface area contributed by atoms with Crippen molar-refractivity contribution in [3.8, 4) is 0 Å². The lowest BCUT2D eigenvalue weighted by Crippen LogP contribution is -2.31. The molecule has 122 valence electrons. The molecule has 1 aliphatic carbocycles. The summed E-state index contributed by atoms with van der Waals surface area (Å²) in [5.74, 6) is 2.04. The SMILES string of the molecule is Cn1cc(CCC(=O)N2CCC[C@H]2c2noc(C3CC3)n2)cn1. The van der Waals surface area contributed by atoms with E-state index < -0.39 is 0 Å². The van der Waals surface area contributed by atoms with Crippen LogP contribution in [0.3, 0.4) is 0 Å². The molecule has 4 rings (SSSR count). The molecule has 1 saturated heterocycles. The van der Waals surface area contributed by atoms with Gasteiger partial charge in [0, 0.05) is 32.1 Å². The van der Waals surface area contributed by atoms with Gasteiger partial charge in [0.05, 0.1) is 12.2 Å². The molecule has 0 aromatic carbocycles. The maximum atomic E-state index is 12.6. The molecule has 0 unspecified atom stereocenters. The Morgan fingerprint density at radius 3 is 3.00 bits per heavy atom. The third-order valence-corrected chi connectivity index (χ3v) is 4.64. The highest BCUT2D eigenvalue weighted by atomic mass is 16.5. The van der Waals surface area contributed by atoms with Crippen LogP contribution >= 0.6 is 0 Å². The van der Waals surface area contributed by atoms with Crippen molar-refractivity contribution in [3.05, 3.63) is 29.7 Å². The van der Waals surface area contributed by atoms with Crippen LogP contribution < -0.4 is 0 Å². The van der Waals surface area contributed by atoms with Gasteiger partial charge in [-0.1, -0.05) is 5.16 Å². The summed E-state index contributed by atoms with van der Waals surface area (Å²) in [6.07, 6.45) is 9.18. The van der Waals surface area contributed by atoms with Crippen molar-refractivity contribution in [2.45, 2.75) is 50.5 Å². The minimum atomic E-state index is -0.0207. The summed E-state index contributed by atoms with van der Waals surface area (Å²) in [5.41, 5.74) is 1.09. The number of likely N-dealkylation sites (tertiary alicyclic amines) is 1. The molecule has 1 atom stereocenters. The second-order valence-corrected chi connectivity index (χ2v) is 6.53. The van der Waals surface area contributed by atoms with Gasteiger partial charge in [-0.15, -0.1) is 0 Å². The molecule has 3 heterocycles. The number of rotatable bonds is 5. The number of carbonyl (C=O) groups is 1. The van der Waals surface area contributed by atoms with E-state index in [4.69, 9.17) is 4.52 Å². The number of hydrogen-bond donors (Lipinski definition) is 0. The number of aryl methyl sites for hydroxylation is 2. The fraction of sp³-hybridized carbons (Fsp3) is 0.625. The molecule has 2 aromatic heterocycles. The van der Waals surface area contributed by atoms with Crippen LogP contribution in [0.15, 0.2) is 16.9 Å². The average molecular weight is 315 g/mol. The van der Waals surface area contributed by atoms with Crippen LogP contribution in [0.5, 0.6) is 0 Å². The zero-order valence-corrected chi connectivity index (χ0v) is 13.3. The Bertz CT molecular complexity index is 703. The molecule has 1 aliphatic heterocycles. The maximum Gasteiger partial charge on any atom is 0.229 e. The van der Waals surface area contributed by atoms with Crippen LogP contribution in [-0.2, 0) is 18.3 Å². The van der Waals surface area contributed by atoms with Gasteiger partial charge in [-0.2, -0.15) is 10.1 Å². The monoisotopic (exact) mass is 315 g/mol. The van der Waals surface area contributed by atoms with E-state index in [0.29, 0.717) is 18.2 Å². The average Bonchev–Trinajstić information content (AvgIpc) is 2.96. The second-order valence-electron chi connectivity index (χ2n) is 6.53. The standard InChI is InChI=1S/C16H21N5O2/c1-20-10-11(9-17-20)4-7-14(22)21-8-2-3-13(21)15-18-16(23-19-15)12-5-6-12/h9-10,12-13H,2-8H2,1H3/t13-/m0/s1. The highest BCUT2D eigenvalue weighted by molar-refractivity contribution is 5.77. The summed E-state index contributed by atoms with van der Waals surface area (Å²) in [6.45, 7) is 0.782. The summed E-state index contributed by atoms with van der Waals surface area (Å²) in [6, 6.07) is -0.0207. The van der Waals surface area contributed by atoms with Gasteiger partial charge in [0.1, 0.15) is 0 Å². The summed E-state index contributed by atoms with van der Waals surface area (Å²) >= 11 is 0. The molecule has 7 nitrogen and oxygen atoms in total. The first kappa shape index (κ1) is 14.4. The molecule has 0 radical (unpaired) electrons. The van der Waals surface area contributed by atoms with E-state index in [0.717, 1.165) is 50.1 Å². The third-order valence-electron chi connectivity index (χ3n) is 4.64. The Morgan fingerprint density at radius 2 is 2.26 bits per heavy atom. The summed E-state index contributed by atoms with van der Waals surface area (Å²) in [5, 5.41) is 8.26. The van der Waals surface area contributed by atoms with Gasteiger partial charge < -0.3 is 9.42 Å². The largest absolute Gasteiger partial charge is 0.339 e. The first-order valence-electron chi connectivity index (χ1n) is 8.31. The summed E-state index contributed by atoms with van der Waals surface area (Å²) in [7, 11) is 1.88. The lowest BCUT2D eigenvalue weighted by molar-refractivity contribution is -0.132. The van der Waals surface area contributed by atoms with Crippen molar-refractivity contribution in [1.29, 1.82) is 0 Å². The summed E-state index contributed by atoms with van der Waals surface area (Å²) in [4.78, 5) is 19.0. The van der Waals surface area contributed by atoms with Crippen molar-refractivity contribution < 1.29 is 9.32 Å². The number of nitrogens with zero attached hydrogens (tertiary/aromatic N) is 5. The van der Waals surface area contributed by atoms with Gasteiger partial charge in [0.25, 0.3) is 0 Å². The zero-order valence-electron chi connectivity index (χ0n) is 13.3. The molecule has 0 spiro atoms. The lowest BCUT2D eigenvalue weighted by Gasteiger charge is -2.22. The van der Waals surface area contributed by atoms with Crippen molar-refractivity contribution in [3.63, 3.8) is 0 Å². The topological polar surface area (TPSA) is 77.0 Å². The third kappa shape index (κ3) is 3.00. The molecular weight excluding hydrogens is 294 g/mol. The molecule has 2 fully saturated rings. The van der Waals surface area contributed by atoms with Gasteiger partial charge >= 0.3 is 0 Å². The molecule has 1 amide bonds. The number of amides is 1. The van der Waals surface area contributed by atoms with Crippen LogP contribution in [0.4, 0.5) is 0 Å². The van der Waals surface area contributed by atoms with Gasteiger partial charge in [-0.05, 0) is 37.7 Å². The van der Waals surface area contributed by atoms with E-state index in [2.05, 4.69) is 15.2 Å². The van der Waals surface area contributed by atoms with Crippen LogP contribution in [0, 0.1) is 0 Å². The van der Waals surface area contributed by atoms with Gasteiger partial charge in [0.2, 0.25) is 11.8 Å². The Kier molecular flexibility index (Phi) is 3.63. The van der Waals surface area contributed by atoms with Gasteiger partial charge in [-0.25, -0.2) is 0 Å². The number of carbonyl (C=O) groups excluding carboxylic acids is 1. The van der Waals surface area contributed by atoms with E-state index in [1.54, 1.807) is 4.68 Å². The highest BCUT2D eigenvalue weighted by Crippen LogP contribution is 2.40. The zero-order chi connectivity index (χ0) is 15.8. The molecular formula is C16H21N5O2. The first-order valence-corrected chi connectivity index (χ1v) is 8.31. The Balaban J connectivity index is 1.40. The maximum absolute atomic E-state index is 12.6. The van der Waals surface area contributed by atoms with Gasteiger partial charge in [0.15, 0.2) is 5.82 Å². The van der Waals surface area contributed by atoms with Crippen molar-refractivity contribution in [1.82, 2.24) is 24.8 Å². The Hall–Kier alpha value is -2.18. The lowest BCUT2D eigenvalue weighted by atomic mass is 10.1. The highest BCUT2D eigenvalue weighted by Gasteiger charge is 2.35. The van der Waals surface area contributed by atoms with Crippen molar-refractivity contribution in [2.75, 3.05) is 6.54 Å². The second kappa shape index (κ2) is 5.79. The smallest absolute Gasteiger partial charge is 0.229 e. The predicted molar refractivity (Wildman–Crippen MR) is 81.5 cm³/mol. The molecule has 0 bridgehead atoms. The molecule has 2 aliphatic rings. The van der Waals surface area contributed by atoms with Crippen molar-refractivity contribution >= 4 is 5.91 Å². The number of hydrogen-bond acceptors (Lipinski definition) is 5. The molecule has 2 aromatic rings. The molecule has 1 saturated carbocycles. The van der Waals surface area contributed by atoms with E-state index in [1.165, 1.54) is 0 Å². The van der Waals surface area contributed by atoms with E-state index >= 15 is 0 Å². The van der Waals surface area contributed by atoms with Gasteiger partial charge in [-0.3, -0.25) is 9.48 Å². The fourth-order valence-corrected chi connectivity index (χ4v) is 3.21. The quantitative estimate of drug-likeness (QED) is 0.843. The number of aromatic nitrogens is 4. The predicted octanol–water partition coefficient (Wildman–Crippen LogP) is 1.98. The molecule has 7 heteroatoms. The van der Waals surface area contributed by atoms with E-state index in [-0.39, 0.29) is 11.9 Å². The van der Waals surface area contributed by atoms with Crippen molar-refractivity contribution in [2.24, 2.45) is 7.05 Å². The van der Waals surface area contributed by atoms with Crippen LogP contribution in [-0.4, -0.2) is 37.3 Å². The van der Waals surface area contributed by atoms with Crippen LogP contribution in [0.1, 0.15) is 61.3 Å². The fourth-order valence-electron chi connectivity index (χ4n) is 3.21. The Labute approximate surface area is 134 Å². The molecule has 0 N–H and O–H groups in total. The minimum Gasteiger partial charge on any atom is -0.339 e. The normalized spacial score (nSPS) is 21.1. The summed E-state index contributed by atoms with van der Waals surface area (Å²) < 4.78 is 7.11. The minimum absolute atomic E-state index is 0.0207. The first-order chi connectivity index (χ1) is 11.2. The van der Waals surface area contributed by atoms with E-state index in [1.807, 2.05) is 24.3 Å². The van der Waals surface area contributed by atoms with Crippen LogP contribution in [0.2, 0.25) is 0 Å². The Morgan fingerprint density at radius 1 is 1.39 bits per heavy atom. The molecule has 23 heavy (non-hydrogen) atoms.